The summed E-state index contributed by atoms with van der Waals surface area (Å²) in [5, 5.41) is 22.4. The zero-order valence-electron chi connectivity index (χ0n) is 51.1. The van der Waals surface area contributed by atoms with E-state index < -0.39 is 0 Å². The Morgan fingerprint density at radius 2 is 0.762 bits per heavy atom. The van der Waals surface area contributed by atoms with E-state index in [0.29, 0.717) is 6.42 Å². The van der Waals surface area contributed by atoms with Gasteiger partial charge in [0.15, 0.2) is 7.85 Å². The van der Waals surface area contributed by atoms with Crippen LogP contribution in [0.15, 0.2) is 130 Å². The predicted molar refractivity (Wildman–Crippen MR) is 413 cm³/mol. The van der Waals surface area contributed by atoms with Crippen LogP contribution in [-0.4, -0.2) is 118 Å². The van der Waals surface area contributed by atoms with Crippen LogP contribution in [0.25, 0.3) is 153 Å². The maximum atomic E-state index is 7.33. The lowest BCUT2D eigenvalue weighted by molar-refractivity contribution is 0.578. The van der Waals surface area contributed by atoms with Crippen molar-refractivity contribution in [3.05, 3.63) is 138 Å². The quantitative estimate of drug-likeness (QED) is 0.0976. The SMILES string of the molecule is B/C(Cc1cc(-c2c(B)c(B)c3oc4c(B)c(B)c(B)c(B)c4c3c2B)c(-c2ccc3ccc4cccc5ccc2c3c45)cc1-c1ccc2ccc3cccc4ccc1c2c34)=c1/c(=C(/B)C#C)oc2c1c(B)c(B)c1c(B)c(B)c(B)c(B)c12. The minimum Gasteiger partial charge on any atom is -0.457 e. The first-order valence-electron chi connectivity index (χ1n) is 29.9. The fourth-order valence-electron chi connectivity index (χ4n) is 15.7. The number of furan rings is 2. The Morgan fingerprint density at radius 1 is 0.345 bits per heavy atom. The summed E-state index contributed by atoms with van der Waals surface area (Å²) in [7, 11) is 34.0. The topological polar surface area (TPSA) is 26.3 Å². The van der Waals surface area contributed by atoms with Crippen LogP contribution in [0.3, 0.4) is 0 Å². The average molecular weight is 1050 g/mol. The van der Waals surface area contributed by atoms with E-state index in [1.807, 2.05) is 7.85 Å². The molecule has 84 heavy (non-hydrogen) atoms. The monoisotopic (exact) mass is 1050 g/mol. The molecule has 17 heteroatoms. The van der Waals surface area contributed by atoms with Gasteiger partial charge in [-0.05, 0) is 128 Å². The second-order valence-electron chi connectivity index (χ2n) is 25.0. The Bertz CT molecular complexity index is 5700. The van der Waals surface area contributed by atoms with Crippen molar-refractivity contribution in [1.29, 1.82) is 0 Å². The molecule has 2 nitrogen and oxygen atoms in total. The Morgan fingerprint density at radius 3 is 1.30 bits per heavy atom. The second kappa shape index (κ2) is 18.7. The first-order chi connectivity index (χ1) is 40.4. The number of benzene rings is 13. The fraction of sp³-hybridized carbons (Fsp3) is 0.0149. The maximum absolute atomic E-state index is 7.33. The summed E-state index contributed by atoms with van der Waals surface area (Å²) in [4.78, 5) is 0. The number of fused-ring (bicyclic) bond motifs is 6. The molecular weight excluding hydrogens is 999 g/mol. The number of rotatable bonds is 5. The molecule has 2 aromatic heterocycles. The van der Waals surface area contributed by atoms with Crippen molar-refractivity contribution in [2.24, 2.45) is 0 Å². The summed E-state index contributed by atoms with van der Waals surface area (Å²) in [5.41, 5.74) is 30.6. The van der Waals surface area contributed by atoms with Crippen LogP contribution < -0.4 is 81.7 Å². The van der Waals surface area contributed by atoms with Gasteiger partial charge in [-0.25, -0.2) is 0 Å². The average Bonchev–Trinajstić information content (AvgIpc) is 2.78. The predicted octanol–water partition coefficient (Wildman–Crippen LogP) is -8.00. The number of hydrogen-bond donors (Lipinski definition) is 0. The molecule has 2 heterocycles. The first-order valence-corrected chi connectivity index (χ1v) is 29.9. The Balaban J connectivity index is 1.14. The summed E-state index contributed by atoms with van der Waals surface area (Å²) < 4.78 is 14.4. The van der Waals surface area contributed by atoms with Gasteiger partial charge in [0.25, 0.3) is 0 Å². The van der Waals surface area contributed by atoms with Gasteiger partial charge in [0.05, 0.1) is 0 Å². The molecule has 0 aliphatic heterocycles. The summed E-state index contributed by atoms with van der Waals surface area (Å²) in [6.07, 6.45) is 7.10. The van der Waals surface area contributed by atoms with E-state index in [0.717, 1.165) is 38.2 Å². The molecule has 0 spiro atoms. The van der Waals surface area contributed by atoms with Gasteiger partial charge in [-0.2, -0.15) is 0 Å². The normalized spacial score (nSPS) is 12.9. The van der Waals surface area contributed by atoms with Crippen LogP contribution in [0.5, 0.6) is 0 Å². The second-order valence-corrected chi connectivity index (χ2v) is 25.0. The van der Waals surface area contributed by atoms with Crippen molar-refractivity contribution in [3.63, 3.8) is 0 Å². The van der Waals surface area contributed by atoms with Crippen molar-refractivity contribution < 1.29 is 8.83 Å². The molecule has 378 valence electrons. The van der Waals surface area contributed by atoms with E-state index >= 15 is 0 Å². The molecule has 0 radical (unpaired) electrons. The molecule has 0 aliphatic carbocycles. The van der Waals surface area contributed by atoms with Crippen molar-refractivity contribution in [2.45, 2.75) is 6.42 Å². The van der Waals surface area contributed by atoms with Gasteiger partial charge in [0, 0.05) is 32.2 Å². The van der Waals surface area contributed by atoms with Crippen LogP contribution in [-0.2, 0) is 6.42 Å². The highest BCUT2D eigenvalue weighted by atomic mass is 16.3. The van der Waals surface area contributed by atoms with Crippen molar-refractivity contribution in [3.8, 4) is 45.7 Å². The molecule has 0 fully saturated rings. The Labute approximate surface area is 503 Å². The van der Waals surface area contributed by atoms with Crippen LogP contribution >= 0.6 is 0 Å². The zero-order chi connectivity index (χ0) is 58.4. The summed E-state index contributed by atoms with van der Waals surface area (Å²) in [6.45, 7) is 0. The molecule has 13 aromatic carbocycles. The molecule has 0 saturated heterocycles. The van der Waals surface area contributed by atoms with Gasteiger partial charge < -0.3 is 8.83 Å². The molecule has 15 rings (SSSR count). The van der Waals surface area contributed by atoms with E-state index in [9.17, 15) is 0 Å². The number of hydrogen-bond acceptors (Lipinski definition) is 2. The first kappa shape index (κ1) is 52.6. The molecule has 0 saturated carbocycles. The summed E-state index contributed by atoms with van der Waals surface area (Å²) >= 11 is 0. The van der Waals surface area contributed by atoms with Gasteiger partial charge in [0.2, 0.25) is 0 Å². The Kier molecular flexibility index (Phi) is 11.7. The molecule has 0 bridgehead atoms. The van der Waals surface area contributed by atoms with E-state index in [1.54, 1.807) is 0 Å². The van der Waals surface area contributed by atoms with E-state index in [1.165, 1.54) is 202 Å². The lowest BCUT2D eigenvalue weighted by Gasteiger charge is -2.24. The molecule has 0 N–H and O–H groups in total. The van der Waals surface area contributed by atoms with Crippen molar-refractivity contribution in [1.82, 2.24) is 0 Å². The van der Waals surface area contributed by atoms with Crippen molar-refractivity contribution in [2.75, 3.05) is 0 Å². The van der Waals surface area contributed by atoms with Gasteiger partial charge in [0.1, 0.15) is 132 Å². The lowest BCUT2D eigenvalue weighted by atomic mass is 9.61. The standard InChI is InChI=1S/C67H53B15O2/c1-2-38(68)64-45(47-55(74)53(72)46-48(65(47)83-64)56(75)59(78)58(77)54(46)73)39(69)22-30-21-37(44-51(70)49-50-57(76)60(79)61(80)63(82)67(50)84-66(49)62(81)52(44)71)36(32-18-14-29-12-10-25-6-4-8-27-16-20-34(32)43(29)41(25)27)23-35(30)31-17-13-28-11-9-24-5-3-7-26-15-19-33(31)42(28)40(24)26/h1,3-21,23H,22,68-82H2/b45-39+,64-38-. The third-order valence-corrected chi connectivity index (χ3v) is 21.1. The highest BCUT2D eigenvalue weighted by molar-refractivity contribution is 6.72. The van der Waals surface area contributed by atoms with Gasteiger partial charge >= 0.3 is 0 Å². The molecule has 0 atom stereocenters. The minimum atomic E-state index is 0.634. The van der Waals surface area contributed by atoms with Crippen molar-refractivity contribution >= 4 is 308 Å². The maximum Gasteiger partial charge on any atom is 0.155 e. The van der Waals surface area contributed by atoms with Crippen LogP contribution in [0, 0.1) is 12.3 Å². The third kappa shape index (κ3) is 7.04. The number of terminal acetylenes is 1. The van der Waals surface area contributed by atoms with Gasteiger partial charge in [-0.1, -0.05) is 175 Å². The zero-order valence-corrected chi connectivity index (χ0v) is 51.1. The highest BCUT2D eigenvalue weighted by Gasteiger charge is 2.28. The summed E-state index contributed by atoms with van der Waals surface area (Å²) in [5.74, 6) is 3.06. The molecule has 0 amide bonds. The largest absolute Gasteiger partial charge is 0.457 e. The van der Waals surface area contributed by atoms with E-state index in [-0.39, 0.29) is 0 Å². The molecule has 0 unspecified atom stereocenters. The molecule has 0 aliphatic rings. The van der Waals surface area contributed by atoms with E-state index in [4.69, 9.17) is 15.3 Å². The fourth-order valence-corrected chi connectivity index (χ4v) is 15.7. The molecule has 15 aromatic rings. The summed E-state index contributed by atoms with van der Waals surface area (Å²) in [6, 6.07) is 46.7. The van der Waals surface area contributed by atoms with Crippen LogP contribution in [0.4, 0.5) is 0 Å². The smallest absolute Gasteiger partial charge is 0.155 e. The van der Waals surface area contributed by atoms with Crippen LogP contribution in [0.2, 0.25) is 0 Å². The van der Waals surface area contributed by atoms with Gasteiger partial charge in [-0.15, -0.1) is 22.8 Å². The Hall–Kier alpha value is -8.19. The lowest BCUT2D eigenvalue weighted by Crippen LogP contribution is -2.50. The van der Waals surface area contributed by atoms with Gasteiger partial charge in [-0.3, -0.25) is 0 Å². The minimum absolute atomic E-state index is 0.634. The highest BCUT2D eigenvalue weighted by Crippen LogP contribution is 2.47. The third-order valence-electron chi connectivity index (χ3n) is 21.1. The molecular formula is C67H53B15O2. The van der Waals surface area contributed by atoms with E-state index in [2.05, 4.69) is 237 Å². The van der Waals surface area contributed by atoms with Crippen LogP contribution in [0.1, 0.15) is 5.56 Å².